The van der Waals surface area contributed by atoms with E-state index in [1.165, 1.54) is 0 Å². The molecule has 0 aromatic heterocycles. The summed E-state index contributed by atoms with van der Waals surface area (Å²) in [5.41, 5.74) is 0.966. The topological polar surface area (TPSA) is 94.1 Å². The molecular weight excluding hydrogens is 374 g/mol. The number of amides is 1. The highest BCUT2D eigenvalue weighted by Gasteiger charge is 2.38. The Morgan fingerprint density at radius 3 is 2.55 bits per heavy atom. The Kier molecular flexibility index (Phi) is 5.29. The number of carboxylic acid groups (broad SMARTS) is 1. The zero-order valence-corrected chi connectivity index (χ0v) is 16.0. The predicted octanol–water partition coefficient (Wildman–Crippen LogP) is 3.12. The number of carbonyl (C=O) groups excluding carboxylic acids is 1. The van der Waals surface area contributed by atoms with E-state index in [-0.39, 0.29) is 5.91 Å². The monoisotopic (exact) mass is 397 g/mol. The van der Waals surface area contributed by atoms with Crippen LogP contribution in [0.1, 0.15) is 41.6 Å². The van der Waals surface area contributed by atoms with Crippen molar-refractivity contribution < 1.29 is 28.9 Å². The Labute approximate surface area is 168 Å². The molecule has 7 nitrogen and oxygen atoms in total. The molecule has 0 radical (unpaired) electrons. The van der Waals surface area contributed by atoms with E-state index in [0.717, 1.165) is 37.0 Å². The predicted molar refractivity (Wildman–Crippen MR) is 105 cm³/mol. The molecule has 4 rings (SSSR count). The largest absolute Gasteiger partial charge is 0.486 e. The second-order valence-corrected chi connectivity index (χ2v) is 7.31. The molecule has 1 fully saturated rings. The molecule has 2 aliphatic rings. The first-order valence-corrected chi connectivity index (χ1v) is 9.73. The first kappa shape index (κ1) is 19.1. The highest BCUT2D eigenvalue weighted by molar-refractivity contribution is 5.95. The summed E-state index contributed by atoms with van der Waals surface area (Å²) in [6.45, 7) is 0.597. The number of aliphatic carboxylic acids is 1. The smallest absolute Gasteiger partial charge is 0.341 e. The van der Waals surface area contributed by atoms with Crippen LogP contribution in [0.4, 0.5) is 0 Å². The van der Waals surface area contributed by atoms with E-state index in [1.54, 1.807) is 24.3 Å². The average Bonchev–Trinajstić information content (AvgIpc) is 3.21. The van der Waals surface area contributed by atoms with Gasteiger partial charge in [-0.05, 0) is 48.7 Å². The molecule has 0 saturated heterocycles. The molecule has 0 spiro atoms. The average molecular weight is 397 g/mol. The first-order chi connectivity index (χ1) is 14.1. The normalized spacial score (nSPS) is 16.8. The van der Waals surface area contributed by atoms with Crippen molar-refractivity contribution in [3.8, 4) is 17.2 Å². The van der Waals surface area contributed by atoms with Crippen LogP contribution in [0.5, 0.6) is 17.2 Å². The van der Waals surface area contributed by atoms with Crippen LogP contribution in [0.2, 0.25) is 0 Å². The molecule has 1 aliphatic heterocycles. The Bertz CT molecular complexity index is 919. The number of hydrogen-bond donors (Lipinski definition) is 2. The molecule has 1 saturated carbocycles. The summed E-state index contributed by atoms with van der Waals surface area (Å²) in [5.74, 6) is 0.492. The maximum Gasteiger partial charge on any atom is 0.341 e. The maximum atomic E-state index is 13.0. The van der Waals surface area contributed by atoms with E-state index in [1.807, 2.05) is 18.2 Å². The van der Waals surface area contributed by atoms with Gasteiger partial charge in [-0.15, -0.1) is 0 Å². The first-order valence-electron chi connectivity index (χ1n) is 9.73. The van der Waals surface area contributed by atoms with Gasteiger partial charge in [-0.3, -0.25) is 4.79 Å². The minimum absolute atomic E-state index is 0.220. The van der Waals surface area contributed by atoms with Gasteiger partial charge < -0.3 is 24.6 Å². The molecule has 0 bridgehead atoms. The molecule has 2 aromatic rings. The van der Waals surface area contributed by atoms with Gasteiger partial charge in [0, 0.05) is 5.56 Å². The van der Waals surface area contributed by atoms with Gasteiger partial charge in [0.15, 0.2) is 18.1 Å². The van der Waals surface area contributed by atoms with E-state index >= 15 is 0 Å². The standard InChI is InChI=1S/C22H23NO6/c24-20(25)14-29-17-5-3-4-15(12-17)21(26)23-22(8-1-2-9-22)16-6-7-18-19(13-16)28-11-10-27-18/h3-7,12-13H,1-2,8-11,14H2,(H,23,26)(H,24,25). The van der Waals surface area contributed by atoms with Crippen molar-refractivity contribution in [3.05, 3.63) is 53.6 Å². The third-order valence-corrected chi connectivity index (χ3v) is 5.36. The van der Waals surface area contributed by atoms with Crippen molar-refractivity contribution in [2.75, 3.05) is 19.8 Å². The quantitative estimate of drug-likeness (QED) is 0.778. The second kappa shape index (κ2) is 8.03. The molecule has 1 amide bonds. The summed E-state index contributed by atoms with van der Waals surface area (Å²) in [7, 11) is 0. The maximum absolute atomic E-state index is 13.0. The Morgan fingerprint density at radius 2 is 1.79 bits per heavy atom. The fourth-order valence-corrected chi connectivity index (χ4v) is 3.97. The van der Waals surface area contributed by atoms with Gasteiger partial charge in [0.2, 0.25) is 0 Å². The van der Waals surface area contributed by atoms with E-state index in [2.05, 4.69) is 5.32 Å². The fourth-order valence-electron chi connectivity index (χ4n) is 3.97. The van der Waals surface area contributed by atoms with Gasteiger partial charge in [-0.25, -0.2) is 4.79 Å². The van der Waals surface area contributed by atoms with Crippen molar-refractivity contribution in [1.29, 1.82) is 0 Å². The Hall–Kier alpha value is -3.22. The van der Waals surface area contributed by atoms with E-state index in [9.17, 15) is 9.59 Å². The molecule has 2 N–H and O–H groups in total. The summed E-state index contributed by atoms with van der Waals surface area (Å²) in [5, 5.41) is 12.0. The number of carboxylic acids is 1. The lowest BCUT2D eigenvalue weighted by Crippen LogP contribution is -2.43. The van der Waals surface area contributed by atoms with Crippen molar-refractivity contribution in [3.63, 3.8) is 0 Å². The lowest BCUT2D eigenvalue weighted by molar-refractivity contribution is -0.139. The van der Waals surface area contributed by atoms with Crippen LogP contribution >= 0.6 is 0 Å². The van der Waals surface area contributed by atoms with Crippen molar-refractivity contribution in [1.82, 2.24) is 5.32 Å². The van der Waals surface area contributed by atoms with Gasteiger partial charge in [0.1, 0.15) is 19.0 Å². The van der Waals surface area contributed by atoms with E-state index in [4.69, 9.17) is 19.3 Å². The van der Waals surface area contributed by atoms with Crippen LogP contribution in [0.15, 0.2) is 42.5 Å². The van der Waals surface area contributed by atoms with Crippen LogP contribution in [-0.2, 0) is 10.3 Å². The van der Waals surface area contributed by atoms with E-state index < -0.39 is 18.1 Å². The number of carbonyl (C=O) groups is 2. The van der Waals surface area contributed by atoms with Crippen LogP contribution < -0.4 is 19.5 Å². The molecule has 29 heavy (non-hydrogen) atoms. The third kappa shape index (κ3) is 4.13. The summed E-state index contributed by atoms with van der Waals surface area (Å²) in [6.07, 6.45) is 3.73. The molecule has 0 unspecified atom stereocenters. The van der Waals surface area contributed by atoms with Crippen LogP contribution in [0.3, 0.4) is 0 Å². The van der Waals surface area contributed by atoms with Crippen LogP contribution in [0.25, 0.3) is 0 Å². The van der Waals surface area contributed by atoms with Gasteiger partial charge in [0.25, 0.3) is 5.91 Å². The highest BCUT2D eigenvalue weighted by Crippen LogP contribution is 2.42. The van der Waals surface area contributed by atoms with Crippen molar-refractivity contribution in [2.24, 2.45) is 0 Å². The van der Waals surface area contributed by atoms with Gasteiger partial charge in [-0.1, -0.05) is 25.0 Å². The zero-order valence-electron chi connectivity index (χ0n) is 16.0. The molecule has 7 heteroatoms. The lowest BCUT2D eigenvalue weighted by Gasteiger charge is -2.32. The number of fused-ring (bicyclic) bond motifs is 1. The summed E-state index contributed by atoms with van der Waals surface area (Å²) in [4.78, 5) is 23.7. The summed E-state index contributed by atoms with van der Waals surface area (Å²) in [6, 6.07) is 12.4. The van der Waals surface area contributed by atoms with Gasteiger partial charge in [0.05, 0.1) is 5.54 Å². The number of nitrogens with one attached hydrogen (secondary N) is 1. The van der Waals surface area contributed by atoms with Crippen LogP contribution in [0, 0.1) is 0 Å². The second-order valence-electron chi connectivity index (χ2n) is 7.31. The molecule has 0 atom stereocenters. The fraction of sp³-hybridized carbons (Fsp3) is 0.364. The van der Waals surface area contributed by atoms with Crippen LogP contribution in [-0.4, -0.2) is 36.8 Å². The molecule has 152 valence electrons. The Balaban J connectivity index is 1.56. The van der Waals surface area contributed by atoms with Crippen molar-refractivity contribution in [2.45, 2.75) is 31.2 Å². The highest BCUT2D eigenvalue weighted by atomic mass is 16.6. The van der Waals surface area contributed by atoms with Gasteiger partial charge in [-0.2, -0.15) is 0 Å². The van der Waals surface area contributed by atoms with Gasteiger partial charge >= 0.3 is 5.97 Å². The minimum atomic E-state index is -1.07. The minimum Gasteiger partial charge on any atom is -0.486 e. The number of rotatable bonds is 6. The molecule has 2 aromatic carbocycles. The lowest BCUT2D eigenvalue weighted by atomic mass is 9.87. The third-order valence-electron chi connectivity index (χ3n) is 5.36. The summed E-state index contributed by atoms with van der Waals surface area (Å²) >= 11 is 0. The molecule has 1 heterocycles. The molecular formula is C22H23NO6. The number of benzene rings is 2. The van der Waals surface area contributed by atoms with E-state index in [0.29, 0.717) is 30.3 Å². The van der Waals surface area contributed by atoms with Crippen molar-refractivity contribution >= 4 is 11.9 Å². The number of ether oxygens (including phenoxy) is 3. The Morgan fingerprint density at radius 1 is 1.03 bits per heavy atom. The number of hydrogen-bond acceptors (Lipinski definition) is 5. The SMILES string of the molecule is O=C(O)COc1cccc(C(=O)NC2(c3ccc4c(c3)OCCO4)CCCC2)c1. The zero-order chi connectivity index (χ0) is 20.3. The summed E-state index contributed by atoms with van der Waals surface area (Å²) < 4.78 is 16.5. The molecule has 1 aliphatic carbocycles.